The lowest BCUT2D eigenvalue weighted by molar-refractivity contribution is 0.167. The molecule has 124 valence electrons. The molecule has 0 radical (unpaired) electrons. The van der Waals surface area contributed by atoms with Crippen molar-refractivity contribution < 1.29 is 9.63 Å². The molecule has 4 nitrogen and oxygen atoms in total. The van der Waals surface area contributed by atoms with Crippen LogP contribution < -0.4 is 9.96 Å². The monoisotopic (exact) mass is 322 g/mol. The van der Waals surface area contributed by atoms with Crippen molar-refractivity contribution in [3.05, 3.63) is 60.2 Å². The summed E-state index contributed by atoms with van der Waals surface area (Å²) < 4.78 is 0. The van der Waals surface area contributed by atoms with Gasteiger partial charge in [-0.2, -0.15) is 5.06 Å². The Morgan fingerprint density at radius 2 is 1.75 bits per heavy atom. The molecule has 0 N–H and O–H groups in total. The third-order valence-electron chi connectivity index (χ3n) is 3.50. The molecule has 0 saturated heterocycles. The number of hydrogen-bond acceptors (Lipinski definition) is 2. The zero-order valence-electron chi connectivity index (χ0n) is 14.3. The van der Waals surface area contributed by atoms with Gasteiger partial charge in [0, 0.05) is 19.0 Å². The summed E-state index contributed by atoms with van der Waals surface area (Å²) in [5, 5.41) is 1.26. The second-order valence-electron chi connectivity index (χ2n) is 5.22. The smallest absolute Gasteiger partial charge is 0.294 e. The second kappa shape index (κ2) is 8.76. The zero-order chi connectivity index (χ0) is 17.4. The second-order valence-corrected chi connectivity index (χ2v) is 5.22. The van der Waals surface area contributed by atoms with Crippen molar-refractivity contribution in [1.29, 1.82) is 0 Å². The van der Waals surface area contributed by atoms with Crippen LogP contribution in [-0.2, 0) is 4.84 Å². The lowest BCUT2D eigenvalue weighted by Gasteiger charge is -2.26. The molecule has 4 heteroatoms. The molecule has 0 aliphatic carbocycles. The van der Waals surface area contributed by atoms with Crippen LogP contribution in [0.4, 0.5) is 16.2 Å². The zero-order valence-corrected chi connectivity index (χ0v) is 14.3. The molecule has 0 atom stereocenters. The highest BCUT2D eigenvalue weighted by molar-refractivity contribution is 6.02. The summed E-state index contributed by atoms with van der Waals surface area (Å²) >= 11 is 0. The van der Waals surface area contributed by atoms with Crippen LogP contribution in [0, 0.1) is 11.8 Å². The van der Waals surface area contributed by atoms with Crippen molar-refractivity contribution in [2.75, 3.05) is 24.1 Å². The number of unbranched alkanes of at least 4 members (excludes halogenated alkanes) is 1. The van der Waals surface area contributed by atoms with Gasteiger partial charge in [-0.05, 0) is 30.7 Å². The van der Waals surface area contributed by atoms with Gasteiger partial charge < -0.3 is 0 Å². The minimum Gasteiger partial charge on any atom is -0.294 e. The minimum absolute atomic E-state index is 0.284. The Kier molecular flexibility index (Phi) is 6.41. The molecular weight excluding hydrogens is 300 g/mol. The Morgan fingerprint density at radius 1 is 1.08 bits per heavy atom. The summed E-state index contributed by atoms with van der Waals surface area (Å²) in [6.45, 7) is 2.09. The van der Waals surface area contributed by atoms with Crippen LogP contribution >= 0.6 is 0 Å². The van der Waals surface area contributed by atoms with E-state index in [4.69, 9.17) is 4.84 Å². The maximum atomic E-state index is 12.8. The van der Waals surface area contributed by atoms with E-state index >= 15 is 0 Å². The number of hydrogen-bond donors (Lipinski definition) is 0. The number of urea groups is 1. The number of benzene rings is 2. The fraction of sp³-hybridized carbons (Fsp3) is 0.250. The fourth-order valence-electron chi connectivity index (χ4n) is 2.25. The van der Waals surface area contributed by atoms with Gasteiger partial charge in [-0.25, -0.2) is 4.79 Å². The first-order valence-electron chi connectivity index (χ1n) is 7.94. The van der Waals surface area contributed by atoms with Crippen LogP contribution in [0.2, 0.25) is 0 Å². The standard InChI is InChI=1S/C20H22N2O2/c1-4-5-7-12-17-13-10-11-16-19(17)21(2)20(23)22(24-3)18-14-8-6-9-15-18/h6,8-11,13-16H,4-5H2,1-3H3. The highest BCUT2D eigenvalue weighted by atomic mass is 16.7. The molecule has 0 aliphatic rings. The Morgan fingerprint density at radius 3 is 2.42 bits per heavy atom. The number of rotatable bonds is 4. The van der Waals surface area contributed by atoms with Crippen molar-refractivity contribution in [3.8, 4) is 11.8 Å². The molecule has 0 fully saturated rings. The van der Waals surface area contributed by atoms with E-state index in [0.717, 1.165) is 24.1 Å². The van der Waals surface area contributed by atoms with E-state index in [1.54, 1.807) is 11.9 Å². The van der Waals surface area contributed by atoms with E-state index in [2.05, 4.69) is 18.8 Å². The third kappa shape index (κ3) is 4.15. The first-order chi connectivity index (χ1) is 11.7. The van der Waals surface area contributed by atoms with Gasteiger partial charge >= 0.3 is 6.03 Å². The highest BCUT2D eigenvalue weighted by Crippen LogP contribution is 2.22. The molecule has 0 bridgehead atoms. The van der Waals surface area contributed by atoms with Crippen molar-refractivity contribution in [1.82, 2.24) is 0 Å². The number of anilines is 2. The largest absolute Gasteiger partial charge is 0.352 e. The van der Waals surface area contributed by atoms with Crippen LogP contribution in [0.15, 0.2) is 54.6 Å². The Balaban J connectivity index is 2.29. The van der Waals surface area contributed by atoms with Crippen LogP contribution in [0.5, 0.6) is 0 Å². The number of para-hydroxylation sites is 2. The Bertz CT molecular complexity index is 732. The maximum Gasteiger partial charge on any atom is 0.352 e. The van der Waals surface area contributed by atoms with Crippen molar-refractivity contribution in [2.24, 2.45) is 0 Å². The number of carbonyl (C=O) groups excluding carboxylic acids is 1. The Hall–Kier alpha value is -2.77. The SMILES string of the molecule is CCCC#Cc1ccccc1N(C)C(=O)N(OC)c1ccccc1. The number of amides is 2. The number of carbonyl (C=O) groups is 1. The van der Waals surface area contributed by atoms with E-state index < -0.39 is 0 Å². The molecule has 0 saturated carbocycles. The van der Waals surface area contributed by atoms with E-state index in [0.29, 0.717) is 5.69 Å². The average molecular weight is 322 g/mol. The van der Waals surface area contributed by atoms with Gasteiger partial charge in [0.15, 0.2) is 0 Å². The number of nitrogens with zero attached hydrogens (tertiary/aromatic N) is 2. The van der Waals surface area contributed by atoms with Gasteiger partial charge in [0.05, 0.1) is 18.5 Å². The number of hydroxylamine groups is 1. The lowest BCUT2D eigenvalue weighted by atomic mass is 10.1. The average Bonchev–Trinajstić information content (AvgIpc) is 2.63. The molecular formula is C20H22N2O2. The summed E-state index contributed by atoms with van der Waals surface area (Å²) in [5.41, 5.74) is 2.25. The first kappa shape index (κ1) is 17.6. The van der Waals surface area contributed by atoms with E-state index in [-0.39, 0.29) is 6.03 Å². The van der Waals surface area contributed by atoms with Gasteiger partial charge in [0.1, 0.15) is 0 Å². The first-order valence-corrected chi connectivity index (χ1v) is 7.94. The molecule has 24 heavy (non-hydrogen) atoms. The van der Waals surface area contributed by atoms with Crippen molar-refractivity contribution >= 4 is 17.4 Å². The van der Waals surface area contributed by atoms with Crippen LogP contribution in [0.3, 0.4) is 0 Å². The molecule has 2 aromatic rings. The molecule has 2 amide bonds. The molecule has 2 aromatic carbocycles. The van der Waals surface area contributed by atoms with Gasteiger partial charge in [-0.1, -0.05) is 49.1 Å². The quantitative estimate of drug-likeness (QED) is 0.615. The summed E-state index contributed by atoms with van der Waals surface area (Å²) in [6.07, 6.45) is 1.84. The van der Waals surface area contributed by atoms with Crippen molar-refractivity contribution in [3.63, 3.8) is 0 Å². The maximum absolute atomic E-state index is 12.8. The highest BCUT2D eigenvalue weighted by Gasteiger charge is 2.22. The molecule has 0 spiro atoms. The van der Waals surface area contributed by atoms with Crippen LogP contribution in [-0.4, -0.2) is 20.2 Å². The third-order valence-corrected chi connectivity index (χ3v) is 3.50. The Labute approximate surface area is 143 Å². The van der Waals surface area contributed by atoms with Gasteiger partial charge in [-0.3, -0.25) is 9.74 Å². The topological polar surface area (TPSA) is 32.8 Å². The normalized spacial score (nSPS) is 9.79. The van der Waals surface area contributed by atoms with Gasteiger partial charge in [0.2, 0.25) is 0 Å². The predicted octanol–water partition coefficient (Wildman–Crippen LogP) is 4.46. The van der Waals surface area contributed by atoms with Crippen LogP contribution in [0.25, 0.3) is 0 Å². The lowest BCUT2D eigenvalue weighted by Crippen LogP contribution is -2.41. The van der Waals surface area contributed by atoms with Crippen LogP contribution in [0.1, 0.15) is 25.3 Å². The van der Waals surface area contributed by atoms with E-state index in [1.807, 2.05) is 54.6 Å². The molecule has 2 rings (SSSR count). The fourth-order valence-corrected chi connectivity index (χ4v) is 2.25. The summed E-state index contributed by atoms with van der Waals surface area (Å²) in [4.78, 5) is 19.7. The minimum atomic E-state index is -0.284. The van der Waals surface area contributed by atoms with E-state index in [9.17, 15) is 4.79 Å². The molecule has 0 unspecified atom stereocenters. The summed E-state index contributed by atoms with van der Waals surface area (Å²) in [7, 11) is 3.20. The van der Waals surface area contributed by atoms with Gasteiger partial charge in [0.25, 0.3) is 0 Å². The summed E-state index contributed by atoms with van der Waals surface area (Å²) in [5.74, 6) is 6.27. The van der Waals surface area contributed by atoms with Gasteiger partial charge in [-0.15, -0.1) is 0 Å². The molecule has 0 heterocycles. The molecule has 0 aromatic heterocycles. The van der Waals surface area contributed by atoms with E-state index in [1.165, 1.54) is 12.2 Å². The predicted molar refractivity (Wildman–Crippen MR) is 98.0 cm³/mol. The molecule has 0 aliphatic heterocycles. The van der Waals surface area contributed by atoms with Crippen molar-refractivity contribution in [2.45, 2.75) is 19.8 Å². The summed E-state index contributed by atoms with van der Waals surface area (Å²) in [6, 6.07) is 16.6.